The van der Waals surface area contributed by atoms with Gasteiger partial charge < -0.3 is 10.5 Å². The van der Waals surface area contributed by atoms with E-state index in [1.165, 1.54) is 5.56 Å². The summed E-state index contributed by atoms with van der Waals surface area (Å²) in [5.41, 5.74) is 7.29. The third kappa shape index (κ3) is 5.53. The molecule has 0 bridgehead atoms. The zero-order chi connectivity index (χ0) is 14.3. The third-order valence-electron chi connectivity index (χ3n) is 3.46. The summed E-state index contributed by atoms with van der Waals surface area (Å²) in [6.07, 6.45) is 4.25. The molecule has 0 saturated carbocycles. The molecule has 0 radical (unpaired) electrons. The van der Waals surface area contributed by atoms with Crippen molar-refractivity contribution in [3.8, 4) is 5.75 Å². The summed E-state index contributed by atoms with van der Waals surface area (Å²) < 4.78 is 6.95. The van der Waals surface area contributed by atoms with E-state index in [2.05, 4.69) is 48.8 Å². The maximum atomic E-state index is 6.01. The Bertz CT molecular complexity index is 381. The van der Waals surface area contributed by atoms with E-state index < -0.39 is 0 Å². The highest BCUT2D eigenvalue weighted by Crippen LogP contribution is 2.32. The molecule has 0 fully saturated rings. The van der Waals surface area contributed by atoms with E-state index in [0.29, 0.717) is 12.0 Å². The van der Waals surface area contributed by atoms with Gasteiger partial charge in [-0.1, -0.05) is 36.7 Å². The monoisotopic (exact) mass is 327 g/mol. The number of benzene rings is 1. The maximum Gasteiger partial charge on any atom is 0.122 e. The van der Waals surface area contributed by atoms with Crippen molar-refractivity contribution in [2.45, 2.75) is 58.4 Å². The van der Waals surface area contributed by atoms with Gasteiger partial charge in [0.25, 0.3) is 0 Å². The first kappa shape index (κ1) is 16.5. The standard InChI is InChI=1S/C16H26BrNO/c1-4-10-19-16-9-7-13(17)11-15(16)12(3)6-8-14(18)5-2/h7,9,11-12,14H,4-6,8,10,18H2,1-3H3. The molecule has 0 heterocycles. The Kier molecular flexibility index (Phi) is 7.47. The van der Waals surface area contributed by atoms with Crippen LogP contribution in [0.5, 0.6) is 5.75 Å². The molecule has 2 unspecified atom stereocenters. The van der Waals surface area contributed by atoms with Crippen molar-refractivity contribution in [1.82, 2.24) is 0 Å². The van der Waals surface area contributed by atoms with E-state index in [1.54, 1.807) is 0 Å². The Balaban J connectivity index is 2.75. The van der Waals surface area contributed by atoms with E-state index in [0.717, 1.165) is 42.5 Å². The molecule has 0 amide bonds. The predicted octanol–water partition coefficient (Wildman–Crippen LogP) is 4.86. The van der Waals surface area contributed by atoms with Crippen LogP contribution in [0.1, 0.15) is 57.9 Å². The zero-order valence-corrected chi connectivity index (χ0v) is 13.9. The van der Waals surface area contributed by atoms with Gasteiger partial charge in [0.1, 0.15) is 5.75 Å². The van der Waals surface area contributed by atoms with Crippen LogP contribution in [0.4, 0.5) is 0 Å². The fourth-order valence-electron chi connectivity index (χ4n) is 2.07. The maximum absolute atomic E-state index is 6.01. The van der Waals surface area contributed by atoms with Crippen molar-refractivity contribution in [3.63, 3.8) is 0 Å². The summed E-state index contributed by atoms with van der Waals surface area (Å²) in [6, 6.07) is 6.59. The molecular weight excluding hydrogens is 302 g/mol. The number of nitrogens with two attached hydrogens (primary N) is 1. The van der Waals surface area contributed by atoms with Crippen molar-refractivity contribution in [2.24, 2.45) is 5.73 Å². The van der Waals surface area contributed by atoms with Crippen LogP contribution in [0.15, 0.2) is 22.7 Å². The van der Waals surface area contributed by atoms with Crippen LogP contribution in [-0.4, -0.2) is 12.6 Å². The van der Waals surface area contributed by atoms with Gasteiger partial charge in [-0.3, -0.25) is 0 Å². The summed E-state index contributed by atoms with van der Waals surface area (Å²) in [5.74, 6) is 1.49. The quantitative estimate of drug-likeness (QED) is 0.740. The van der Waals surface area contributed by atoms with Crippen LogP contribution in [-0.2, 0) is 0 Å². The van der Waals surface area contributed by atoms with Gasteiger partial charge in [0.05, 0.1) is 6.61 Å². The van der Waals surface area contributed by atoms with Crippen molar-refractivity contribution in [3.05, 3.63) is 28.2 Å². The average Bonchev–Trinajstić information content (AvgIpc) is 2.42. The largest absolute Gasteiger partial charge is 0.493 e. The van der Waals surface area contributed by atoms with Crippen LogP contribution in [0, 0.1) is 0 Å². The van der Waals surface area contributed by atoms with Gasteiger partial charge in [-0.15, -0.1) is 0 Å². The summed E-state index contributed by atoms with van der Waals surface area (Å²) in [4.78, 5) is 0. The second kappa shape index (κ2) is 8.60. The highest BCUT2D eigenvalue weighted by Gasteiger charge is 2.13. The van der Waals surface area contributed by atoms with Gasteiger partial charge in [-0.25, -0.2) is 0 Å². The van der Waals surface area contributed by atoms with Crippen molar-refractivity contribution >= 4 is 15.9 Å². The number of halogens is 1. The lowest BCUT2D eigenvalue weighted by Crippen LogP contribution is -2.19. The second-order valence-corrected chi connectivity index (χ2v) is 6.09. The lowest BCUT2D eigenvalue weighted by molar-refractivity contribution is 0.311. The molecule has 0 saturated heterocycles. The molecule has 0 aliphatic carbocycles. The van der Waals surface area contributed by atoms with E-state index in [-0.39, 0.29) is 0 Å². The first-order valence-corrected chi connectivity index (χ1v) is 8.05. The van der Waals surface area contributed by atoms with E-state index in [9.17, 15) is 0 Å². The van der Waals surface area contributed by atoms with E-state index in [1.807, 2.05) is 6.07 Å². The topological polar surface area (TPSA) is 35.2 Å². The van der Waals surface area contributed by atoms with Crippen molar-refractivity contribution < 1.29 is 4.74 Å². The normalized spacial score (nSPS) is 14.2. The minimum atomic E-state index is 0.314. The fourth-order valence-corrected chi connectivity index (χ4v) is 2.45. The molecule has 108 valence electrons. The van der Waals surface area contributed by atoms with Crippen LogP contribution < -0.4 is 10.5 Å². The first-order chi connectivity index (χ1) is 9.08. The summed E-state index contributed by atoms with van der Waals surface area (Å²) in [5, 5.41) is 0. The van der Waals surface area contributed by atoms with Gasteiger partial charge in [-0.2, -0.15) is 0 Å². The molecule has 1 aromatic rings. The highest BCUT2D eigenvalue weighted by molar-refractivity contribution is 9.10. The molecule has 0 aliphatic heterocycles. The van der Waals surface area contributed by atoms with Crippen LogP contribution in [0.3, 0.4) is 0 Å². The smallest absolute Gasteiger partial charge is 0.122 e. The number of hydrogen-bond acceptors (Lipinski definition) is 2. The minimum Gasteiger partial charge on any atom is -0.493 e. The van der Waals surface area contributed by atoms with Crippen LogP contribution in [0.2, 0.25) is 0 Å². The molecule has 1 rings (SSSR count). The number of hydrogen-bond donors (Lipinski definition) is 1. The summed E-state index contributed by atoms with van der Waals surface area (Å²) >= 11 is 3.55. The zero-order valence-electron chi connectivity index (χ0n) is 12.3. The second-order valence-electron chi connectivity index (χ2n) is 5.18. The predicted molar refractivity (Wildman–Crippen MR) is 85.8 cm³/mol. The number of ether oxygens (including phenoxy) is 1. The van der Waals surface area contributed by atoms with E-state index in [4.69, 9.17) is 10.5 Å². The Morgan fingerprint density at radius 2 is 2.00 bits per heavy atom. The van der Waals surface area contributed by atoms with Crippen molar-refractivity contribution in [2.75, 3.05) is 6.61 Å². The average molecular weight is 328 g/mol. The Hall–Kier alpha value is -0.540. The van der Waals surface area contributed by atoms with Gasteiger partial charge in [0.2, 0.25) is 0 Å². The highest BCUT2D eigenvalue weighted by atomic mass is 79.9. The molecular formula is C16H26BrNO. The molecule has 3 heteroatoms. The molecule has 0 aromatic heterocycles. The Labute approximate surface area is 125 Å². The first-order valence-electron chi connectivity index (χ1n) is 7.26. The minimum absolute atomic E-state index is 0.314. The van der Waals surface area contributed by atoms with Gasteiger partial charge in [0.15, 0.2) is 0 Å². The third-order valence-corrected chi connectivity index (χ3v) is 3.95. The molecule has 2 nitrogen and oxygen atoms in total. The van der Waals surface area contributed by atoms with Crippen LogP contribution in [0.25, 0.3) is 0 Å². The summed E-state index contributed by atoms with van der Waals surface area (Å²) in [6.45, 7) is 7.30. The SMILES string of the molecule is CCCOc1ccc(Br)cc1C(C)CCC(N)CC. The van der Waals surface area contributed by atoms with Gasteiger partial charge >= 0.3 is 0 Å². The lowest BCUT2D eigenvalue weighted by atomic mass is 9.93. The molecule has 0 aliphatic rings. The van der Waals surface area contributed by atoms with E-state index >= 15 is 0 Å². The van der Waals surface area contributed by atoms with Crippen molar-refractivity contribution in [1.29, 1.82) is 0 Å². The van der Waals surface area contributed by atoms with Gasteiger partial charge in [0, 0.05) is 10.5 Å². The molecule has 2 atom stereocenters. The summed E-state index contributed by atoms with van der Waals surface area (Å²) in [7, 11) is 0. The lowest BCUT2D eigenvalue weighted by Gasteiger charge is -2.19. The van der Waals surface area contributed by atoms with Gasteiger partial charge in [-0.05, 0) is 55.4 Å². The molecule has 19 heavy (non-hydrogen) atoms. The molecule has 2 N–H and O–H groups in total. The number of rotatable bonds is 8. The Morgan fingerprint density at radius 3 is 2.63 bits per heavy atom. The fraction of sp³-hybridized carbons (Fsp3) is 0.625. The van der Waals surface area contributed by atoms with Crippen LogP contribution >= 0.6 is 15.9 Å². The molecule has 0 spiro atoms. The molecule has 1 aromatic carbocycles. The Morgan fingerprint density at radius 1 is 1.26 bits per heavy atom.